The topological polar surface area (TPSA) is 22.0 Å². The maximum absolute atomic E-state index is 10.9. The van der Waals surface area contributed by atoms with E-state index < -0.39 is 0 Å². The van der Waals surface area contributed by atoms with E-state index in [2.05, 4.69) is 10.6 Å². The summed E-state index contributed by atoms with van der Waals surface area (Å²) >= 11 is 0. The average molecular weight is 199 g/mol. The first kappa shape index (κ1) is 8.72. The lowest BCUT2D eigenvalue weighted by Crippen LogP contribution is -1.96. The second-order valence-electron chi connectivity index (χ2n) is 4.32. The van der Waals surface area contributed by atoms with E-state index in [-0.39, 0.29) is 0 Å². The molecule has 0 N–H and O–H groups in total. The summed E-state index contributed by atoms with van der Waals surface area (Å²) in [5, 5.41) is 1.08. The first-order chi connectivity index (χ1) is 7.38. The Kier molecular flexibility index (Phi) is 1.88. The van der Waals surface area contributed by atoms with E-state index in [9.17, 15) is 4.79 Å². The van der Waals surface area contributed by atoms with Gasteiger partial charge in [-0.3, -0.25) is 4.79 Å². The Morgan fingerprint density at radius 2 is 2.13 bits per heavy atom. The Bertz CT molecular complexity index is 508. The molecule has 1 aromatic carbocycles. The van der Waals surface area contributed by atoms with Gasteiger partial charge in [-0.25, -0.2) is 0 Å². The van der Waals surface area contributed by atoms with Crippen molar-refractivity contribution < 1.29 is 4.79 Å². The molecule has 0 bridgehead atoms. The molecule has 2 aromatic rings. The van der Waals surface area contributed by atoms with Crippen molar-refractivity contribution in [3.05, 3.63) is 36.0 Å². The second kappa shape index (κ2) is 3.23. The maximum Gasteiger partial charge on any atom is 0.152 e. The molecule has 0 spiro atoms. The summed E-state index contributed by atoms with van der Waals surface area (Å²) in [6.07, 6.45) is 5.60. The van der Waals surface area contributed by atoms with E-state index >= 15 is 0 Å². The van der Waals surface area contributed by atoms with Gasteiger partial charge in [0.1, 0.15) is 0 Å². The SMILES string of the molecule is O=Cc1cn(CC2CC2)c2ccccc12. The summed E-state index contributed by atoms with van der Waals surface area (Å²) < 4.78 is 2.22. The third-order valence-electron chi connectivity index (χ3n) is 3.10. The fourth-order valence-electron chi connectivity index (χ4n) is 2.10. The fourth-order valence-corrected chi connectivity index (χ4v) is 2.10. The Balaban J connectivity index is 2.15. The van der Waals surface area contributed by atoms with E-state index in [0.29, 0.717) is 0 Å². The number of benzene rings is 1. The Morgan fingerprint density at radius 3 is 2.87 bits per heavy atom. The van der Waals surface area contributed by atoms with Crippen LogP contribution in [0.3, 0.4) is 0 Å². The van der Waals surface area contributed by atoms with Crippen molar-refractivity contribution in [1.82, 2.24) is 4.57 Å². The summed E-state index contributed by atoms with van der Waals surface area (Å²) in [4.78, 5) is 10.9. The summed E-state index contributed by atoms with van der Waals surface area (Å²) in [5.41, 5.74) is 2.00. The van der Waals surface area contributed by atoms with Crippen molar-refractivity contribution in [2.24, 2.45) is 5.92 Å². The van der Waals surface area contributed by atoms with Crippen LogP contribution in [0.15, 0.2) is 30.5 Å². The van der Waals surface area contributed by atoms with Gasteiger partial charge in [-0.1, -0.05) is 18.2 Å². The Hall–Kier alpha value is -1.57. The molecule has 1 aliphatic carbocycles. The number of aromatic nitrogens is 1. The highest BCUT2D eigenvalue weighted by molar-refractivity contribution is 5.97. The number of fused-ring (bicyclic) bond motifs is 1. The molecule has 15 heavy (non-hydrogen) atoms. The van der Waals surface area contributed by atoms with Gasteiger partial charge in [-0.05, 0) is 24.8 Å². The normalized spacial score (nSPS) is 15.7. The molecule has 1 saturated carbocycles. The molecule has 76 valence electrons. The van der Waals surface area contributed by atoms with Crippen molar-refractivity contribution in [2.45, 2.75) is 19.4 Å². The van der Waals surface area contributed by atoms with Gasteiger partial charge < -0.3 is 4.57 Å². The molecule has 2 nitrogen and oxygen atoms in total. The predicted octanol–water partition coefficient (Wildman–Crippen LogP) is 2.86. The zero-order valence-corrected chi connectivity index (χ0v) is 8.52. The number of carbonyl (C=O) groups excluding carboxylic acids is 1. The zero-order chi connectivity index (χ0) is 10.3. The molecular weight excluding hydrogens is 186 g/mol. The largest absolute Gasteiger partial charge is 0.346 e. The van der Waals surface area contributed by atoms with E-state index in [1.807, 2.05) is 24.4 Å². The van der Waals surface area contributed by atoms with E-state index in [0.717, 1.165) is 29.7 Å². The number of carbonyl (C=O) groups is 1. The summed E-state index contributed by atoms with van der Waals surface area (Å²) in [6, 6.07) is 8.12. The smallest absolute Gasteiger partial charge is 0.152 e. The monoisotopic (exact) mass is 199 g/mol. The van der Waals surface area contributed by atoms with Crippen LogP contribution < -0.4 is 0 Å². The lowest BCUT2D eigenvalue weighted by molar-refractivity contribution is 0.112. The molecule has 0 saturated heterocycles. The fraction of sp³-hybridized carbons (Fsp3) is 0.308. The van der Waals surface area contributed by atoms with Crippen molar-refractivity contribution in [1.29, 1.82) is 0 Å². The first-order valence-electron chi connectivity index (χ1n) is 5.41. The van der Waals surface area contributed by atoms with Gasteiger partial charge in [0, 0.05) is 29.2 Å². The van der Waals surface area contributed by atoms with Crippen LogP contribution >= 0.6 is 0 Å². The van der Waals surface area contributed by atoms with Crippen molar-refractivity contribution in [3.8, 4) is 0 Å². The predicted molar refractivity (Wildman–Crippen MR) is 60.0 cm³/mol. The van der Waals surface area contributed by atoms with E-state index in [4.69, 9.17) is 0 Å². The van der Waals surface area contributed by atoms with Gasteiger partial charge in [0.15, 0.2) is 6.29 Å². The molecule has 1 aromatic heterocycles. The van der Waals surface area contributed by atoms with Crippen LogP contribution in [0.1, 0.15) is 23.2 Å². The number of aldehydes is 1. The lowest BCUT2D eigenvalue weighted by atomic mass is 10.2. The molecule has 1 aliphatic rings. The van der Waals surface area contributed by atoms with Crippen LogP contribution in [-0.2, 0) is 6.54 Å². The van der Waals surface area contributed by atoms with Crippen molar-refractivity contribution in [2.75, 3.05) is 0 Å². The third-order valence-corrected chi connectivity index (χ3v) is 3.10. The van der Waals surface area contributed by atoms with Gasteiger partial charge >= 0.3 is 0 Å². The molecule has 1 heterocycles. The Labute approximate surface area is 88.5 Å². The van der Waals surface area contributed by atoms with E-state index in [1.54, 1.807) is 0 Å². The molecule has 0 unspecified atom stereocenters. The minimum Gasteiger partial charge on any atom is -0.346 e. The number of para-hydroxylation sites is 1. The number of hydrogen-bond donors (Lipinski definition) is 0. The van der Waals surface area contributed by atoms with Crippen LogP contribution in [0.2, 0.25) is 0 Å². The highest BCUT2D eigenvalue weighted by Crippen LogP contribution is 2.32. The molecule has 0 radical (unpaired) electrons. The van der Waals surface area contributed by atoms with Gasteiger partial charge in [-0.15, -0.1) is 0 Å². The van der Waals surface area contributed by atoms with E-state index in [1.165, 1.54) is 18.4 Å². The molecular formula is C13H13NO. The first-order valence-corrected chi connectivity index (χ1v) is 5.41. The highest BCUT2D eigenvalue weighted by Gasteiger charge is 2.22. The van der Waals surface area contributed by atoms with Crippen LogP contribution in [-0.4, -0.2) is 10.9 Å². The van der Waals surface area contributed by atoms with Gasteiger partial charge in [-0.2, -0.15) is 0 Å². The number of rotatable bonds is 3. The molecule has 3 rings (SSSR count). The lowest BCUT2D eigenvalue weighted by Gasteiger charge is -2.02. The molecule has 0 aliphatic heterocycles. The maximum atomic E-state index is 10.9. The molecule has 0 amide bonds. The van der Waals surface area contributed by atoms with Crippen LogP contribution in [0.5, 0.6) is 0 Å². The quantitative estimate of drug-likeness (QED) is 0.697. The zero-order valence-electron chi connectivity index (χ0n) is 8.52. The summed E-state index contributed by atoms with van der Waals surface area (Å²) in [7, 11) is 0. The number of hydrogen-bond acceptors (Lipinski definition) is 1. The third kappa shape index (κ3) is 1.46. The average Bonchev–Trinajstić information content (AvgIpc) is 3.01. The Morgan fingerprint density at radius 1 is 1.33 bits per heavy atom. The van der Waals surface area contributed by atoms with Crippen molar-refractivity contribution >= 4 is 17.2 Å². The number of nitrogens with zero attached hydrogens (tertiary/aromatic N) is 1. The minimum absolute atomic E-state index is 0.811. The molecule has 0 atom stereocenters. The molecule has 1 fully saturated rings. The molecule has 2 heteroatoms. The standard InChI is InChI=1S/C13H13NO/c15-9-11-8-14(7-10-5-6-10)13-4-2-1-3-12(11)13/h1-4,8-10H,5-7H2. The van der Waals surface area contributed by atoms with Gasteiger partial charge in [0.25, 0.3) is 0 Å². The van der Waals surface area contributed by atoms with Crippen molar-refractivity contribution in [3.63, 3.8) is 0 Å². The van der Waals surface area contributed by atoms with Crippen LogP contribution in [0.25, 0.3) is 10.9 Å². The summed E-state index contributed by atoms with van der Waals surface area (Å²) in [5.74, 6) is 0.834. The van der Waals surface area contributed by atoms with Crippen LogP contribution in [0.4, 0.5) is 0 Å². The van der Waals surface area contributed by atoms with Crippen LogP contribution in [0, 0.1) is 5.92 Å². The minimum atomic E-state index is 0.811. The highest BCUT2D eigenvalue weighted by atomic mass is 16.1. The van der Waals surface area contributed by atoms with Gasteiger partial charge in [0.05, 0.1) is 0 Å². The summed E-state index contributed by atoms with van der Waals surface area (Å²) in [6.45, 7) is 1.06. The van der Waals surface area contributed by atoms with Gasteiger partial charge in [0.2, 0.25) is 0 Å². The second-order valence-corrected chi connectivity index (χ2v) is 4.32.